The van der Waals surface area contributed by atoms with Crippen molar-refractivity contribution in [3.05, 3.63) is 35.1 Å². The van der Waals surface area contributed by atoms with E-state index in [1.54, 1.807) is 19.1 Å². The number of hydrogen-bond acceptors (Lipinski definition) is 2. The smallest absolute Gasteiger partial charge is 0.332 e. The summed E-state index contributed by atoms with van der Waals surface area (Å²) >= 11 is 0. The van der Waals surface area contributed by atoms with Crippen molar-refractivity contribution in [2.45, 2.75) is 6.92 Å². The molecule has 0 spiro atoms. The molecule has 0 heterocycles. The van der Waals surface area contributed by atoms with Crippen LogP contribution in [0.5, 0.6) is 0 Å². The van der Waals surface area contributed by atoms with Crippen LogP contribution in [0.15, 0.2) is 23.3 Å². The fraction of sp³-hybridized carbons (Fsp3) is 0.111. The van der Waals surface area contributed by atoms with Crippen molar-refractivity contribution < 1.29 is 9.18 Å². The number of nitrogens with zero attached hydrogens (tertiary/aromatic N) is 1. The normalized spacial score (nSPS) is 10.4. The van der Waals surface area contributed by atoms with Crippen LogP contribution in [0.1, 0.15) is 11.1 Å². The number of nitrogens with two attached hydrogens (primary N) is 1. The molecule has 14 heavy (non-hydrogen) atoms. The predicted octanol–water partition coefficient (Wildman–Crippen LogP) is 1.14. The van der Waals surface area contributed by atoms with Crippen LogP contribution in [0.3, 0.4) is 0 Å². The van der Waals surface area contributed by atoms with Crippen LogP contribution >= 0.6 is 0 Å². The van der Waals surface area contributed by atoms with Crippen LogP contribution in [0.4, 0.5) is 9.18 Å². The first-order chi connectivity index (χ1) is 6.61. The van der Waals surface area contributed by atoms with Gasteiger partial charge in [0.1, 0.15) is 5.82 Å². The van der Waals surface area contributed by atoms with E-state index >= 15 is 0 Å². The van der Waals surface area contributed by atoms with E-state index in [0.717, 1.165) is 5.56 Å². The highest BCUT2D eigenvalue weighted by Crippen LogP contribution is 2.09. The number of rotatable bonds is 2. The summed E-state index contributed by atoms with van der Waals surface area (Å²) in [6.45, 7) is 1.74. The lowest BCUT2D eigenvalue weighted by Gasteiger charge is -2.00. The zero-order valence-corrected chi connectivity index (χ0v) is 7.62. The van der Waals surface area contributed by atoms with Gasteiger partial charge in [-0.15, -0.1) is 0 Å². The molecule has 3 N–H and O–H groups in total. The molecule has 0 aliphatic carbocycles. The fourth-order valence-electron chi connectivity index (χ4n) is 0.969. The quantitative estimate of drug-likeness (QED) is 0.539. The van der Waals surface area contributed by atoms with E-state index in [2.05, 4.69) is 5.10 Å². The SMILES string of the molecule is Cc1cccc(F)c1C=NNC(N)=O. The van der Waals surface area contributed by atoms with Gasteiger partial charge in [-0.1, -0.05) is 12.1 Å². The van der Waals surface area contributed by atoms with E-state index in [4.69, 9.17) is 5.73 Å². The lowest BCUT2D eigenvalue weighted by molar-refractivity contribution is 0.249. The zero-order chi connectivity index (χ0) is 10.6. The Hall–Kier alpha value is -1.91. The molecular weight excluding hydrogens is 185 g/mol. The van der Waals surface area contributed by atoms with Crippen LogP contribution in [-0.4, -0.2) is 12.2 Å². The van der Waals surface area contributed by atoms with Gasteiger partial charge in [0.05, 0.1) is 6.21 Å². The number of hydrazone groups is 1. The summed E-state index contributed by atoms with van der Waals surface area (Å²) in [6, 6.07) is 3.88. The third-order valence-electron chi connectivity index (χ3n) is 1.64. The lowest BCUT2D eigenvalue weighted by atomic mass is 10.1. The van der Waals surface area contributed by atoms with E-state index in [-0.39, 0.29) is 5.82 Å². The van der Waals surface area contributed by atoms with Gasteiger partial charge in [0.2, 0.25) is 0 Å². The summed E-state index contributed by atoms with van der Waals surface area (Å²) < 4.78 is 13.1. The van der Waals surface area contributed by atoms with Gasteiger partial charge >= 0.3 is 6.03 Å². The number of aryl methyl sites for hydroxylation is 1. The average Bonchev–Trinajstić information content (AvgIpc) is 2.09. The second kappa shape index (κ2) is 4.36. The molecular formula is C9H10FN3O. The summed E-state index contributed by atoms with van der Waals surface area (Å²) in [5, 5.41) is 3.47. The van der Waals surface area contributed by atoms with Crippen LogP contribution < -0.4 is 11.2 Å². The summed E-state index contributed by atoms with van der Waals surface area (Å²) in [5.41, 5.74) is 7.84. The number of amides is 2. The molecule has 0 radical (unpaired) electrons. The molecule has 0 fully saturated rings. The topological polar surface area (TPSA) is 67.5 Å². The molecule has 2 amide bonds. The Kier molecular flexibility index (Phi) is 3.17. The maximum atomic E-state index is 13.1. The number of halogens is 1. The van der Waals surface area contributed by atoms with Crippen LogP contribution in [-0.2, 0) is 0 Å². The highest BCUT2D eigenvalue weighted by molar-refractivity contribution is 5.83. The van der Waals surface area contributed by atoms with Crippen molar-refractivity contribution in [3.8, 4) is 0 Å². The number of carbonyl (C=O) groups is 1. The number of hydrogen-bond donors (Lipinski definition) is 2. The second-order valence-electron chi connectivity index (χ2n) is 2.70. The molecule has 0 bridgehead atoms. The molecule has 0 unspecified atom stereocenters. The Balaban J connectivity index is 2.85. The molecule has 1 rings (SSSR count). The summed E-state index contributed by atoms with van der Waals surface area (Å²) in [6.07, 6.45) is 1.22. The Labute approximate surface area is 80.6 Å². The predicted molar refractivity (Wildman–Crippen MR) is 51.5 cm³/mol. The first-order valence-electron chi connectivity index (χ1n) is 3.95. The van der Waals surface area contributed by atoms with Gasteiger partial charge in [-0.25, -0.2) is 14.6 Å². The van der Waals surface area contributed by atoms with E-state index in [9.17, 15) is 9.18 Å². The standard InChI is InChI=1S/C9H10FN3O/c1-6-3-2-4-8(10)7(6)5-12-13-9(11)14/h2-5H,1H3,(H3,11,13,14). The number of carbonyl (C=O) groups excluding carboxylic acids is 1. The minimum absolute atomic E-state index is 0.334. The molecule has 74 valence electrons. The number of urea groups is 1. The largest absolute Gasteiger partial charge is 0.350 e. The maximum absolute atomic E-state index is 13.1. The lowest BCUT2D eigenvalue weighted by Crippen LogP contribution is -2.24. The minimum atomic E-state index is -0.782. The molecule has 0 saturated heterocycles. The summed E-state index contributed by atoms with van der Waals surface area (Å²) in [7, 11) is 0. The van der Waals surface area contributed by atoms with Crippen molar-refractivity contribution in [1.29, 1.82) is 0 Å². The monoisotopic (exact) mass is 195 g/mol. The van der Waals surface area contributed by atoms with Crippen molar-refractivity contribution in [2.24, 2.45) is 10.8 Å². The molecule has 0 aromatic heterocycles. The molecule has 0 aliphatic rings. The molecule has 1 aromatic rings. The summed E-state index contributed by atoms with van der Waals surface area (Å²) in [5.74, 6) is -0.389. The second-order valence-corrected chi connectivity index (χ2v) is 2.70. The Morgan fingerprint density at radius 3 is 2.93 bits per heavy atom. The third-order valence-corrected chi connectivity index (χ3v) is 1.64. The highest BCUT2D eigenvalue weighted by Gasteiger charge is 2.01. The van der Waals surface area contributed by atoms with Crippen LogP contribution in [0.2, 0.25) is 0 Å². The molecule has 0 aliphatic heterocycles. The first kappa shape index (κ1) is 10.2. The van der Waals surface area contributed by atoms with Crippen molar-refractivity contribution in [1.82, 2.24) is 5.43 Å². The van der Waals surface area contributed by atoms with Crippen LogP contribution in [0, 0.1) is 12.7 Å². The van der Waals surface area contributed by atoms with Crippen LogP contribution in [0.25, 0.3) is 0 Å². The van der Waals surface area contributed by atoms with Gasteiger partial charge in [-0.3, -0.25) is 0 Å². The van der Waals surface area contributed by atoms with E-state index < -0.39 is 6.03 Å². The van der Waals surface area contributed by atoms with Gasteiger partial charge in [0.15, 0.2) is 0 Å². The highest BCUT2D eigenvalue weighted by atomic mass is 19.1. The van der Waals surface area contributed by atoms with Gasteiger partial charge in [0.25, 0.3) is 0 Å². The number of primary amides is 1. The van der Waals surface area contributed by atoms with E-state index in [0.29, 0.717) is 5.56 Å². The first-order valence-corrected chi connectivity index (χ1v) is 3.95. The van der Waals surface area contributed by atoms with Crippen molar-refractivity contribution in [2.75, 3.05) is 0 Å². The minimum Gasteiger partial charge on any atom is -0.350 e. The zero-order valence-electron chi connectivity index (χ0n) is 7.62. The Morgan fingerprint density at radius 1 is 1.64 bits per heavy atom. The molecule has 0 atom stereocenters. The molecule has 1 aromatic carbocycles. The average molecular weight is 195 g/mol. The van der Waals surface area contributed by atoms with Crippen molar-refractivity contribution >= 4 is 12.2 Å². The molecule has 0 saturated carbocycles. The van der Waals surface area contributed by atoms with Gasteiger partial charge in [0, 0.05) is 5.56 Å². The van der Waals surface area contributed by atoms with Crippen molar-refractivity contribution in [3.63, 3.8) is 0 Å². The molecule has 4 nitrogen and oxygen atoms in total. The fourth-order valence-corrected chi connectivity index (χ4v) is 0.969. The van der Waals surface area contributed by atoms with Gasteiger partial charge in [-0.05, 0) is 18.6 Å². The number of benzene rings is 1. The van der Waals surface area contributed by atoms with Gasteiger partial charge < -0.3 is 5.73 Å². The Morgan fingerprint density at radius 2 is 2.36 bits per heavy atom. The number of nitrogens with one attached hydrogen (secondary N) is 1. The molecule has 5 heteroatoms. The van der Waals surface area contributed by atoms with E-state index in [1.165, 1.54) is 12.3 Å². The van der Waals surface area contributed by atoms with E-state index in [1.807, 2.05) is 5.43 Å². The third kappa shape index (κ3) is 2.55. The Bertz CT molecular complexity index is 356. The maximum Gasteiger partial charge on any atom is 0.332 e. The van der Waals surface area contributed by atoms with Gasteiger partial charge in [-0.2, -0.15) is 5.10 Å². The summed E-state index contributed by atoms with van der Waals surface area (Å²) in [4.78, 5) is 10.3.